The molecule has 1 aliphatic heterocycles. The van der Waals surface area contributed by atoms with Gasteiger partial charge in [-0.15, -0.1) is 0 Å². The van der Waals surface area contributed by atoms with Crippen molar-refractivity contribution in [2.45, 2.75) is 75.2 Å². The maximum atomic E-state index is 12.2. The quantitative estimate of drug-likeness (QED) is 0.290. The van der Waals surface area contributed by atoms with Gasteiger partial charge in [0.05, 0.1) is 12.7 Å². The van der Waals surface area contributed by atoms with Gasteiger partial charge in [-0.2, -0.15) is 0 Å². The van der Waals surface area contributed by atoms with Crippen molar-refractivity contribution >= 4 is 5.91 Å². The standard InChI is InChI=1S/C16H30N3O5.Hg/c1-18-5-4-14(21)16(22)19-11-6-10(17)7-13(8-11)24-15-3-2-12(9-20)23-15;/h10-15,20-21H,2-9,17H2,1H3,(H,19,22);/q-1;+1. The Labute approximate surface area is 165 Å². The number of nitrogens with zero attached hydrogens (tertiary/aromatic N) is 1. The predicted octanol–water partition coefficient (Wildman–Crippen LogP) is -0.990. The molecular formula is C16H30HgN3O5. The first-order chi connectivity index (χ1) is 11.9. The molecule has 2 rings (SSSR count). The molecule has 1 saturated heterocycles. The molecule has 1 saturated carbocycles. The second-order valence-electron chi connectivity index (χ2n) is 7.26. The van der Waals surface area contributed by atoms with Gasteiger partial charge in [-0.05, 0) is 6.42 Å². The summed E-state index contributed by atoms with van der Waals surface area (Å²) in [7, 11) is 1.99. The third-order valence-corrected chi connectivity index (χ3v) is 5.98. The maximum absolute atomic E-state index is 12.2. The summed E-state index contributed by atoms with van der Waals surface area (Å²) in [4.78, 5) is 12.2. The Hall–Kier alpha value is 0.165. The van der Waals surface area contributed by atoms with E-state index >= 15 is 0 Å². The number of rotatable bonds is 8. The van der Waals surface area contributed by atoms with Crippen molar-refractivity contribution in [3.8, 4) is 0 Å². The van der Waals surface area contributed by atoms with Gasteiger partial charge < -0.3 is 5.11 Å². The van der Waals surface area contributed by atoms with Crippen molar-refractivity contribution in [3.05, 3.63) is 0 Å². The first kappa shape index (κ1) is 21.5. The van der Waals surface area contributed by atoms with E-state index in [1.807, 2.05) is 7.05 Å². The van der Waals surface area contributed by atoms with Crippen LogP contribution < -0.4 is 11.1 Å². The topological polar surface area (TPSA) is 117 Å². The van der Waals surface area contributed by atoms with Crippen molar-refractivity contribution in [2.75, 3.05) is 20.2 Å². The van der Waals surface area contributed by atoms with Crippen LogP contribution in [-0.2, 0) is 40.7 Å². The number of hydrogen-bond donors (Lipinski definition) is 4. The first-order valence-corrected chi connectivity index (χ1v) is 11.5. The normalized spacial score (nSPS) is 34.3. The summed E-state index contributed by atoms with van der Waals surface area (Å²) in [6, 6.07) is -0.144. The van der Waals surface area contributed by atoms with Crippen LogP contribution in [0.3, 0.4) is 0 Å². The van der Waals surface area contributed by atoms with E-state index in [2.05, 4.69) is 7.98 Å². The fourth-order valence-corrected chi connectivity index (χ4v) is 4.14. The molecule has 6 unspecified atom stereocenters. The van der Waals surface area contributed by atoms with Crippen molar-refractivity contribution in [1.29, 1.82) is 0 Å². The van der Waals surface area contributed by atoms with Crippen molar-refractivity contribution < 1.29 is 50.9 Å². The molecule has 141 valence electrons. The van der Waals surface area contributed by atoms with Gasteiger partial charge in [-0.1, -0.05) is 0 Å². The number of aliphatic hydroxyl groups excluding tert-OH is 2. The SMILES string of the molecule is C[N]([Hg])CCC(O)C(=O)NC1CC(N)CC(OC2CCC(CO)O2)C1. The molecule has 0 bridgehead atoms. The van der Waals surface area contributed by atoms with Crippen LogP contribution in [0.2, 0.25) is 0 Å². The number of amides is 1. The number of carbonyl (C=O) groups is 1. The summed E-state index contributed by atoms with van der Waals surface area (Å²) >= 11 is 0.507. The van der Waals surface area contributed by atoms with E-state index < -0.39 is 6.10 Å². The molecule has 0 aromatic carbocycles. The average molecular weight is 545 g/mol. The van der Waals surface area contributed by atoms with Crippen LogP contribution in [0.4, 0.5) is 0 Å². The summed E-state index contributed by atoms with van der Waals surface area (Å²) in [6.45, 7) is 0.746. The van der Waals surface area contributed by atoms with E-state index in [1.54, 1.807) is 0 Å². The molecule has 8 nitrogen and oxygen atoms in total. The van der Waals surface area contributed by atoms with Gasteiger partial charge in [0.2, 0.25) is 0 Å². The average Bonchev–Trinajstić information content (AvgIpc) is 2.99. The van der Waals surface area contributed by atoms with Gasteiger partial charge in [0.1, 0.15) is 0 Å². The third kappa shape index (κ3) is 7.36. The number of ether oxygens (including phenoxy) is 2. The Morgan fingerprint density at radius 1 is 1.44 bits per heavy atom. The van der Waals surface area contributed by atoms with E-state index in [4.69, 9.17) is 20.3 Å². The zero-order chi connectivity index (χ0) is 18.4. The van der Waals surface area contributed by atoms with Crippen LogP contribution in [0.5, 0.6) is 0 Å². The zero-order valence-corrected chi connectivity index (χ0v) is 20.5. The summed E-state index contributed by atoms with van der Waals surface area (Å²) in [5, 5.41) is 22.0. The molecule has 0 radical (unpaired) electrons. The molecule has 5 N–H and O–H groups in total. The van der Waals surface area contributed by atoms with E-state index in [0.717, 1.165) is 25.8 Å². The first-order valence-electron chi connectivity index (χ1n) is 9.04. The van der Waals surface area contributed by atoms with Crippen molar-refractivity contribution in [1.82, 2.24) is 7.98 Å². The molecule has 1 aliphatic carbocycles. The summed E-state index contributed by atoms with van der Waals surface area (Å²) < 4.78 is 13.7. The van der Waals surface area contributed by atoms with Gasteiger partial charge in [0.25, 0.3) is 0 Å². The number of nitrogens with one attached hydrogen (secondary N) is 1. The molecule has 0 aromatic heterocycles. The molecule has 0 spiro atoms. The van der Waals surface area contributed by atoms with Gasteiger partial charge >= 0.3 is 142 Å². The van der Waals surface area contributed by atoms with Gasteiger partial charge in [0.15, 0.2) is 0 Å². The van der Waals surface area contributed by atoms with Crippen LogP contribution in [0.1, 0.15) is 38.5 Å². The molecule has 2 fully saturated rings. The monoisotopic (exact) mass is 546 g/mol. The minimum atomic E-state index is -0.980. The summed E-state index contributed by atoms with van der Waals surface area (Å²) in [6.07, 6.45) is 2.58. The van der Waals surface area contributed by atoms with Crippen LogP contribution in [0, 0.1) is 0 Å². The number of nitrogens with two attached hydrogens (primary N) is 1. The fourth-order valence-electron chi connectivity index (χ4n) is 3.43. The summed E-state index contributed by atoms with van der Waals surface area (Å²) in [5.74, 6) is -0.328. The Bertz CT molecular complexity index is 429. The van der Waals surface area contributed by atoms with E-state index in [9.17, 15) is 9.90 Å². The fraction of sp³-hybridized carbons (Fsp3) is 0.938. The second-order valence-corrected chi connectivity index (χ2v) is 11.5. The molecule has 25 heavy (non-hydrogen) atoms. The van der Waals surface area contributed by atoms with Gasteiger partial charge in [-0.3, -0.25) is 0 Å². The summed E-state index contributed by atoms with van der Waals surface area (Å²) in [5.41, 5.74) is 6.12. The van der Waals surface area contributed by atoms with Gasteiger partial charge in [0, 0.05) is 0 Å². The van der Waals surface area contributed by atoms with Crippen LogP contribution >= 0.6 is 0 Å². The van der Waals surface area contributed by atoms with Crippen molar-refractivity contribution in [3.63, 3.8) is 0 Å². The molecule has 9 heteroatoms. The molecular weight excluding hydrogens is 515 g/mol. The Balaban J connectivity index is 1.78. The van der Waals surface area contributed by atoms with E-state index in [-0.39, 0.29) is 43.1 Å². The van der Waals surface area contributed by atoms with E-state index in [1.165, 1.54) is 0 Å². The molecule has 1 heterocycles. The van der Waals surface area contributed by atoms with Crippen LogP contribution in [0.25, 0.3) is 0 Å². The van der Waals surface area contributed by atoms with Crippen LogP contribution in [-0.4, -0.2) is 75.7 Å². The molecule has 1 amide bonds. The minimum absolute atomic E-state index is 0.0110. The molecule has 2 aliphatic rings. The van der Waals surface area contributed by atoms with Gasteiger partial charge in [-0.25, -0.2) is 0 Å². The Morgan fingerprint density at radius 2 is 2.20 bits per heavy atom. The number of aliphatic hydroxyl groups is 2. The number of hydrogen-bond acceptors (Lipinski definition) is 7. The van der Waals surface area contributed by atoms with E-state index in [0.29, 0.717) is 45.7 Å². The zero-order valence-electron chi connectivity index (χ0n) is 15.0. The third-order valence-electron chi connectivity index (χ3n) is 4.75. The number of carbonyl (C=O) groups excluding carboxylic acids is 1. The Kier molecular flexibility index (Phi) is 9.00. The van der Waals surface area contributed by atoms with Crippen molar-refractivity contribution in [2.24, 2.45) is 5.73 Å². The Morgan fingerprint density at radius 3 is 2.84 bits per heavy atom. The molecule has 0 aromatic rings. The predicted molar refractivity (Wildman–Crippen MR) is 86.9 cm³/mol. The van der Waals surface area contributed by atoms with Crippen LogP contribution in [0.15, 0.2) is 0 Å². The molecule has 6 atom stereocenters. The second kappa shape index (κ2) is 10.5.